The lowest BCUT2D eigenvalue weighted by atomic mass is 10.4. The Kier molecular flexibility index (Phi) is 2.76. The highest BCUT2D eigenvalue weighted by Gasteiger charge is 2.27. The van der Waals surface area contributed by atoms with Crippen LogP contribution >= 0.6 is 15.9 Å². The number of nitrogens with zero attached hydrogens (tertiary/aromatic N) is 4. The van der Waals surface area contributed by atoms with Gasteiger partial charge in [-0.25, -0.2) is 9.97 Å². The van der Waals surface area contributed by atoms with Crippen molar-refractivity contribution < 1.29 is 4.52 Å². The van der Waals surface area contributed by atoms with Gasteiger partial charge in [-0.3, -0.25) is 0 Å². The largest absolute Gasteiger partial charge is 0.362 e. The SMILES string of the molecule is Brc1cc(NCc2ncon2)nc(C2CC2)n1. The predicted molar refractivity (Wildman–Crippen MR) is 63.3 cm³/mol. The average Bonchev–Trinajstić information content (AvgIpc) is 3.04. The summed E-state index contributed by atoms with van der Waals surface area (Å²) in [4.78, 5) is 12.7. The van der Waals surface area contributed by atoms with E-state index >= 15 is 0 Å². The van der Waals surface area contributed by atoms with Crippen LogP contribution in [0, 0.1) is 0 Å². The van der Waals surface area contributed by atoms with E-state index in [1.54, 1.807) is 0 Å². The van der Waals surface area contributed by atoms with Crippen LogP contribution in [0.15, 0.2) is 21.6 Å². The molecule has 3 rings (SSSR count). The van der Waals surface area contributed by atoms with Crippen LogP contribution in [0.2, 0.25) is 0 Å². The van der Waals surface area contributed by atoms with Crippen LogP contribution < -0.4 is 5.32 Å². The van der Waals surface area contributed by atoms with Gasteiger partial charge in [-0.1, -0.05) is 5.16 Å². The third-order valence-electron chi connectivity index (χ3n) is 2.49. The smallest absolute Gasteiger partial charge is 0.213 e. The zero-order chi connectivity index (χ0) is 11.7. The molecule has 0 saturated heterocycles. The molecular formula is C10H10BrN5O. The first-order valence-electron chi connectivity index (χ1n) is 5.35. The van der Waals surface area contributed by atoms with Gasteiger partial charge in [0.25, 0.3) is 0 Å². The highest BCUT2D eigenvalue weighted by Crippen LogP contribution is 2.38. The van der Waals surface area contributed by atoms with Crippen molar-refractivity contribution in [1.82, 2.24) is 20.1 Å². The summed E-state index contributed by atoms with van der Waals surface area (Å²) in [6, 6.07) is 1.84. The fourth-order valence-corrected chi connectivity index (χ4v) is 1.89. The Morgan fingerprint density at radius 2 is 2.29 bits per heavy atom. The van der Waals surface area contributed by atoms with Crippen LogP contribution in [0.5, 0.6) is 0 Å². The molecule has 1 aliphatic carbocycles. The number of aromatic nitrogens is 4. The van der Waals surface area contributed by atoms with Gasteiger partial charge in [0.2, 0.25) is 6.39 Å². The summed E-state index contributed by atoms with van der Waals surface area (Å²) in [7, 11) is 0. The van der Waals surface area contributed by atoms with Gasteiger partial charge in [0.15, 0.2) is 5.82 Å². The third kappa shape index (κ3) is 2.60. The van der Waals surface area contributed by atoms with E-state index < -0.39 is 0 Å². The Labute approximate surface area is 106 Å². The van der Waals surface area contributed by atoms with E-state index in [4.69, 9.17) is 0 Å². The molecule has 0 spiro atoms. The van der Waals surface area contributed by atoms with Gasteiger partial charge in [0, 0.05) is 12.0 Å². The molecule has 0 atom stereocenters. The molecular weight excluding hydrogens is 286 g/mol. The second-order valence-corrected chi connectivity index (χ2v) is 4.72. The van der Waals surface area contributed by atoms with E-state index in [9.17, 15) is 0 Å². The Hall–Kier alpha value is -1.50. The van der Waals surface area contributed by atoms with Gasteiger partial charge >= 0.3 is 0 Å². The van der Waals surface area contributed by atoms with Crippen molar-refractivity contribution in [3.8, 4) is 0 Å². The first-order chi connectivity index (χ1) is 8.31. The van der Waals surface area contributed by atoms with Gasteiger partial charge in [0.05, 0.1) is 6.54 Å². The lowest BCUT2D eigenvalue weighted by Crippen LogP contribution is -2.05. The summed E-state index contributed by atoms with van der Waals surface area (Å²) in [5.41, 5.74) is 0. The topological polar surface area (TPSA) is 76.7 Å². The second kappa shape index (κ2) is 4.40. The summed E-state index contributed by atoms with van der Waals surface area (Å²) < 4.78 is 5.45. The lowest BCUT2D eigenvalue weighted by molar-refractivity contribution is 0.411. The molecule has 0 unspecified atom stereocenters. The predicted octanol–water partition coefficient (Wildman–Crippen LogP) is 2.11. The Balaban J connectivity index is 1.73. The Morgan fingerprint density at radius 3 is 3.00 bits per heavy atom. The van der Waals surface area contributed by atoms with Gasteiger partial charge < -0.3 is 9.84 Å². The molecule has 1 N–H and O–H groups in total. The molecule has 88 valence electrons. The van der Waals surface area contributed by atoms with Crippen molar-refractivity contribution in [1.29, 1.82) is 0 Å². The van der Waals surface area contributed by atoms with E-state index in [0.717, 1.165) is 16.2 Å². The number of rotatable bonds is 4. The quantitative estimate of drug-likeness (QED) is 0.871. The Bertz CT molecular complexity index is 511. The Morgan fingerprint density at radius 1 is 1.41 bits per heavy atom. The van der Waals surface area contributed by atoms with Crippen molar-refractivity contribution in [3.05, 3.63) is 28.7 Å². The summed E-state index contributed by atoms with van der Waals surface area (Å²) >= 11 is 3.39. The molecule has 1 fully saturated rings. The van der Waals surface area contributed by atoms with E-state index in [2.05, 4.69) is 45.9 Å². The van der Waals surface area contributed by atoms with Crippen molar-refractivity contribution in [2.24, 2.45) is 0 Å². The molecule has 17 heavy (non-hydrogen) atoms. The lowest BCUT2D eigenvalue weighted by Gasteiger charge is -2.05. The number of halogens is 1. The number of anilines is 1. The first kappa shape index (κ1) is 10.6. The zero-order valence-electron chi connectivity index (χ0n) is 8.93. The summed E-state index contributed by atoms with van der Waals surface area (Å²) in [6.07, 6.45) is 3.67. The molecule has 0 radical (unpaired) electrons. The second-order valence-electron chi connectivity index (χ2n) is 3.91. The van der Waals surface area contributed by atoms with E-state index in [1.807, 2.05) is 6.07 Å². The maximum atomic E-state index is 4.66. The normalized spacial score (nSPS) is 14.9. The molecule has 0 amide bonds. The highest BCUT2D eigenvalue weighted by molar-refractivity contribution is 9.10. The number of hydrogen-bond donors (Lipinski definition) is 1. The monoisotopic (exact) mass is 295 g/mol. The van der Waals surface area contributed by atoms with E-state index in [1.165, 1.54) is 19.2 Å². The fourth-order valence-electron chi connectivity index (χ4n) is 1.49. The van der Waals surface area contributed by atoms with Crippen molar-refractivity contribution in [2.45, 2.75) is 25.3 Å². The van der Waals surface area contributed by atoms with Crippen molar-refractivity contribution >= 4 is 21.7 Å². The number of hydrogen-bond acceptors (Lipinski definition) is 6. The highest BCUT2D eigenvalue weighted by atomic mass is 79.9. The van der Waals surface area contributed by atoms with Crippen LogP contribution in [0.3, 0.4) is 0 Å². The van der Waals surface area contributed by atoms with Crippen LogP contribution in [0.1, 0.15) is 30.4 Å². The molecule has 0 aromatic carbocycles. The minimum atomic E-state index is 0.490. The first-order valence-corrected chi connectivity index (χ1v) is 6.14. The van der Waals surface area contributed by atoms with Crippen molar-refractivity contribution in [3.63, 3.8) is 0 Å². The molecule has 6 nitrogen and oxygen atoms in total. The molecule has 2 aromatic heterocycles. The van der Waals surface area contributed by atoms with Crippen LogP contribution in [0.4, 0.5) is 5.82 Å². The minimum Gasteiger partial charge on any atom is -0.362 e. The van der Waals surface area contributed by atoms with Crippen LogP contribution in [-0.2, 0) is 6.54 Å². The van der Waals surface area contributed by atoms with Crippen molar-refractivity contribution in [2.75, 3.05) is 5.32 Å². The fraction of sp³-hybridized carbons (Fsp3) is 0.400. The van der Waals surface area contributed by atoms with E-state index in [0.29, 0.717) is 18.3 Å². The summed E-state index contributed by atoms with van der Waals surface area (Å²) in [5, 5.41) is 6.86. The summed E-state index contributed by atoms with van der Waals surface area (Å²) in [5.74, 6) is 2.81. The minimum absolute atomic E-state index is 0.490. The standard InChI is InChI=1S/C10H10BrN5O/c11-7-3-8(12-4-9-13-5-17-16-9)15-10(14-7)6-1-2-6/h3,5-6H,1-2,4H2,(H,12,14,15). The molecule has 1 aliphatic rings. The summed E-state index contributed by atoms with van der Waals surface area (Å²) in [6.45, 7) is 0.490. The molecule has 0 bridgehead atoms. The molecule has 1 saturated carbocycles. The molecule has 7 heteroatoms. The molecule has 2 heterocycles. The van der Waals surface area contributed by atoms with E-state index in [-0.39, 0.29) is 0 Å². The van der Waals surface area contributed by atoms with Crippen LogP contribution in [0.25, 0.3) is 0 Å². The maximum absolute atomic E-state index is 4.66. The maximum Gasteiger partial charge on any atom is 0.213 e. The van der Waals surface area contributed by atoms with Crippen LogP contribution in [-0.4, -0.2) is 20.1 Å². The van der Waals surface area contributed by atoms with Gasteiger partial charge in [-0.05, 0) is 28.8 Å². The number of nitrogens with one attached hydrogen (secondary N) is 1. The zero-order valence-corrected chi connectivity index (χ0v) is 10.5. The average molecular weight is 296 g/mol. The van der Waals surface area contributed by atoms with Gasteiger partial charge in [0.1, 0.15) is 16.2 Å². The van der Waals surface area contributed by atoms with Gasteiger partial charge in [-0.15, -0.1) is 0 Å². The molecule has 0 aliphatic heterocycles. The third-order valence-corrected chi connectivity index (χ3v) is 2.90. The van der Waals surface area contributed by atoms with Gasteiger partial charge in [-0.2, -0.15) is 4.98 Å². The molecule has 2 aromatic rings.